The van der Waals surface area contributed by atoms with Crippen LogP contribution in [0.5, 0.6) is 0 Å². The Morgan fingerprint density at radius 3 is 2.64 bits per heavy atom. The van der Waals surface area contributed by atoms with Crippen molar-refractivity contribution in [2.75, 3.05) is 6.61 Å². The zero-order valence-electron chi connectivity index (χ0n) is 13.2. The standard InChI is InChI=1S/C15H21ClN2O4/c1-5-21-13(19)11(18-14(20)22-15(2,3)4)8-10-6-7-17-12(16)9-10/h6-7,9,11H,5,8H2,1-4H3,(H,18,20). The van der Waals surface area contributed by atoms with E-state index in [9.17, 15) is 9.59 Å². The molecule has 0 bridgehead atoms. The first-order chi connectivity index (χ1) is 10.2. The number of ether oxygens (including phenoxy) is 2. The summed E-state index contributed by atoms with van der Waals surface area (Å²) in [7, 11) is 0. The number of hydrogen-bond acceptors (Lipinski definition) is 5. The number of alkyl carbamates (subject to hydrolysis) is 1. The maximum atomic E-state index is 12.0. The lowest BCUT2D eigenvalue weighted by molar-refractivity contribution is -0.145. The Kier molecular flexibility index (Phi) is 6.61. The molecule has 6 nitrogen and oxygen atoms in total. The van der Waals surface area contributed by atoms with Crippen molar-refractivity contribution in [3.63, 3.8) is 0 Å². The highest BCUT2D eigenvalue weighted by Gasteiger charge is 2.25. The van der Waals surface area contributed by atoms with Gasteiger partial charge in [0.05, 0.1) is 6.61 Å². The number of amides is 1. The molecule has 1 amide bonds. The second kappa shape index (κ2) is 7.98. The molecule has 0 aromatic carbocycles. The largest absolute Gasteiger partial charge is 0.464 e. The molecule has 1 atom stereocenters. The monoisotopic (exact) mass is 328 g/mol. The van der Waals surface area contributed by atoms with E-state index in [4.69, 9.17) is 21.1 Å². The Labute approximate surface area is 135 Å². The van der Waals surface area contributed by atoms with Gasteiger partial charge in [-0.25, -0.2) is 14.6 Å². The third-order valence-corrected chi connectivity index (χ3v) is 2.70. The van der Waals surface area contributed by atoms with Crippen molar-refractivity contribution in [3.8, 4) is 0 Å². The number of esters is 1. The Bertz CT molecular complexity index is 529. The molecule has 1 N–H and O–H groups in total. The fourth-order valence-electron chi connectivity index (χ4n) is 1.69. The van der Waals surface area contributed by atoms with Gasteiger partial charge in [0.15, 0.2) is 0 Å². The molecule has 7 heteroatoms. The summed E-state index contributed by atoms with van der Waals surface area (Å²) in [6.07, 6.45) is 1.10. The molecule has 0 aliphatic rings. The number of rotatable bonds is 5. The van der Waals surface area contributed by atoms with Crippen LogP contribution in [0.3, 0.4) is 0 Å². The number of carbonyl (C=O) groups is 2. The number of aromatic nitrogens is 1. The van der Waals surface area contributed by atoms with Crippen LogP contribution in [0.1, 0.15) is 33.3 Å². The molecular weight excluding hydrogens is 308 g/mol. The quantitative estimate of drug-likeness (QED) is 0.664. The highest BCUT2D eigenvalue weighted by atomic mass is 35.5. The smallest absolute Gasteiger partial charge is 0.408 e. The molecule has 0 saturated carbocycles. The SMILES string of the molecule is CCOC(=O)C(Cc1ccnc(Cl)c1)NC(=O)OC(C)(C)C. The van der Waals surface area contributed by atoms with E-state index in [1.54, 1.807) is 39.8 Å². The van der Waals surface area contributed by atoms with Gasteiger partial charge >= 0.3 is 12.1 Å². The molecule has 1 unspecified atom stereocenters. The molecule has 0 spiro atoms. The minimum Gasteiger partial charge on any atom is -0.464 e. The zero-order chi connectivity index (χ0) is 16.8. The summed E-state index contributed by atoms with van der Waals surface area (Å²) in [5.74, 6) is -0.527. The van der Waals surface area contributed by atoms with Crippen LogP contribution in [0.4, 0.5) is 4.79 Å². The summed E-state index contributed by atoms with van der Waals surface area (Å²) in [6.45, 7) is 7.16. The van der Waals surface area contributed by atoms with Gasteiger partial charge in [0.1, 0.15) is 16.8 Å². The first-order valence-corrected chi connectivity index (χ1v) is 7.35. The van der Waals surface area contributed by atoms with Crippen LogP contribution in [0.15, 0.2) is 18.3 Å². The molecule has 1 rings (SSSR count). The molecule has 22 heavy (non-hydrogen) atoms. The van der Waals surface area contributed by atoms with Crippen LogP contribution in [-0.2, 0) is 20.7 Å². The van der Waals surface area contributed by atoms with Crippen molar-refractivity contribution in [1.82, 2.24) is 10.3 Å². The third kappa shape index (κ3) is 6.76. The highest BCUT2D eigenvalue weighted by molar-refractivity contribution is 6.29. The van der Waals surface area contributed by atoms with E-state index in [0.29, 0.717) is 5.15 Å². The molecule has 1 aromatic heterocycles. The average Bonchev–Trinajstić information content (AvgIpc) is 2.36. The Balaban J connectivity index is 2.80. The predicted molar refractivity (Wildman–Crippen MR) is 82.7 cm³/mol. The number of hydrogen-bond donors (Lipinski definition) is 1. The van der Waals surface area contributed by atoms with Crippen LogP contribution in [-0.4, -0.2) is 35.3 Å². The lowest BCUT2D eigenvalue weighted by atomic mass is 10.1. The molecule has 0 aliphatic carbocycles. The Hall–Kier alpha value is -1.82. The summed E-state index contributed by atoms with van der Waals surface area (Å²) in [5.41, 5.74) is 0.109. The van der Waals surface area contributed by atoms with Crippen LogP contribution in [0, 0.1) is 0 Å². The first-order valence-electron chi connectivity index (χ1n) is 6.98. The van der Waals surface area contributed by atoms with Gasteiger partial charge < -0.3 is 14.8 Å². The van der Waals surface area contributed by atoms with Gasteiger partial charge in [0.2, 0.25) is 0 Å². The van der Waals surface area contributed by atoms with E-state index in [-0.39, 0.29) is 13.0 Å². The zero-order valence-corrected chi connectivity index (χ0v) is 13.9. The van der Waals surface area contributed by atoms with E-state index < -0.39 is 23.7 Å². The van der Waals surface area contributed by atoms with Gasteiger partial charge in [-0.15, -0.1) is 0 Å². The van der Waals surface area contributed by atoms with Crippen LogP contribution in [0.25, 0.3) is 0 Å². The Morgan fingerprint density at radius 1 is 1.41 bits per heavy atom. The van der Waals surface area contributed by atoms with Gasteiger partial charge in [-0.05, 0) is 45.4 Å². The second-order valence-corrected chi connectivity index (χ2v) is 6.03. The van der Waals surface area contributed by atoms with E-state index in [1.807, 2.05) is 0 Å². The van der Waals surface area contributed by atoms with E-state index in [0.717, 1.165) is 5.56 Å². The summed E-state index contributed by atoms with van der Waals surface area (Å²) >= 11 is 5.82. The van der Waals surface area contributed by atoms with Crippen molar-refractivity contribution in [1.29, 1.82) is 0 Å². The summed E-state index contributed by atoms with van der Waals surface area (Å²) < 4.78 is 10.1. The Morgan fingerprint density at radius 2 is 2.09 bits per heavy atom. The van der Waals surface area contributed by atoms with E-state index in [2.05, 4.69) is 10.3 Å². The molecule has 1 aromatic rings. The lowest BCUT2D eigenvalue weighted by Gasteiger charge is -2.23. The molecule has 0 radical (unpaired) electrons. The number of halogens is 1. The minimum absolute atomic E-state index is 0.225. The van der Waals surface area contributed by atoms with E-state index in [1.165, 1.54) is 6.20 Å². The maximum Gasteiger partial charge on any atom is 0.408 e. The fourth-order valence-corrected chi connectivity index (χ4v) is 1.89. The molecule has 1 heterocycles. The lowest BCUT2D eigenvalue weighted by Crippen LogP contribution is -2.45. The number of nitrogens with zero attached hydrogens (tertiary/aromatic N) is 1. The molecule has 0 fully saturated rings. The molecule has 0 saturated heterocycles. The van der Waals surface area contributed by atoms with Crippen molar-refractivity contribution >= 4 is 23.7 Å². The van der Waals surface area contributed by atoms with Crippen LogP contribution in [0.2, 0.25) is 5.15 Å². The van der Waals surface area contributed by atoms with Crippen molar-refractivity contribution < 1.29 is 19.1 Å². The minimum atomic E-state index is -0.853. The molecular formula is C15H21ClN2O4. The highest BCUT2D eigenvalue weighted by Crippen LogP contribution is 2.11. The summed E-state index contributed by atoms with van der Waals surface area (Å²) in [6, 6.07) is 2.49. The van der Waals surface area contributed by atoms with Crippen LogP contribution >= 0.6 is 11.6 Å². The predicted octanol–water partition coefficient (Wildman–Crippen LogP) is 2.73. The fraction of sp³-hybridized carbons (Fsp3) is 0.533. The third-order valence-electron chi connectivity index (χ3n) is 2.49. The molecule has 122 valence electrons. The number of pyridine rings is 1. The van der Waals surface area contributed by atoms with Gasteiger partial charge in [-0.3, -0.25) is 0 Å². The van der Waals surface area contributed by atoms with Crippen LogP contribution < -0.4 is 5.32 Å². The average molecular weight is 329 g/mol. The van der Waals surface area contributed by atoms with Gasteiger partial charge in [-0.2, -0.15) is 0 Å². The number of carbonyl (C=O) groups excluding carboxylic acids is 2. The summed E-state index contributed by atoms with van der Waals surface area (Å²) in [4.78, 5) is 27.7. The topological polar surface area (TPSA) is 77.5 Å². The first kappa shape index (κ1) is 18.2. The van der Waals surface area contributed by atoms with E-state index >= 15 is 0 Å². The van der Waals surface area contributed by atoms with Crippen molar-refractivity contribution in [3.05, 3.63) is 29.0 Å². The van der Waals surface area contributed by atoms with Crippen molar-refractivity contribution in [2.24, 2.45) is 0 Å². The maximum absolute atomic E-state index is 12.0. The van der Waals surface area contributed by atoms with Crippen molar-refractivity contribution in [2.45, 2.75) is 45.8 Å². The number of nitrogens with one attached hydrogen (secondary N) is 1. The van der Waals surface area contributed by atoms with Gasteiger partial charge in [0.25, 0.3) is 0 Å². The van der Waals surface area contributed by atoms with Gasteiger partial charge in [-0.1, -0.05) is 11.6 Å². The summed E-state index contributed by atoms with van der Waals surface area (Å²) in [5, 5.41) is 2.84. The van der Waals surface area contributed by atoms with Gasteiger partial charge in [0, 0.05) is 12.6 Å². The normalized spacial score (nSPS) is 12.4. The molecule has 0 aliphatic heterocycles. The second-order valence-electron chi connectivity index (χ2n) is 5.64.